The van der Waals surface area contributed by atoms with Crippen LogP contribution in [-0.2, 0) is 15.9 Å². The lowest BCUT2D eigenvalue weighted by Gasteiger charge is -2.18. The lowest BCUT2D eigenvalue weighted by molar-refractivity contribution is -0.0589. The highest BCUT2D eigenvalue weighted by molar-refractivity contribution is 8.01. The molecular weight excluding hydrogens is 256 g/mol. The molecule has 106 valence electrons. The molecule has 1 aromatic carbocycles. The summed E-state index contributed by atoms with van der Waals surface area (Å²) in [6.45, 7) is 4.47. The second kappa shape index (κ2) is 8.41. The van der Waals surface area contributed by atoms with E-state index in [1.165, 1.54) is 5.56 Å². The van der Waals surface area contributed by atoms with E-state index >= 15 is 0 Å². The van der Waals surface area contributed by atoms with Gasteiger partial charge in [0.1, 0.15) is 0 Å². The van der Waals surface area contributed by atoms with Crippen molar-refractivity contribution in [2.75, 3.05) is 20.5 Å². The summed E-state index contributed by atoms with van der Waals surface area (Å²) in [5.74, 6) is 0.678. The van der Waals surface area contributed by atoms with Crippen LogP contribution in [0.25, 0.3) is 5.57 Å². The zero-order chi connectivity index (χ0) is 14.3. The van der Waals surface area contributed by atoms with E-state index in [1.54, 1.807) is 26.0 Å². The van der Waals surface area contributed by atoms with Crippen LogP contribution in [0.2, 0.25) is 0 Å². The molecule has 1 rings (SSSR count). The van der Waals surface area contributed by atoms with Crippen molar-refractivity contribution in [1.82, 2.24) is 0 Å². The monoisotopic (exact) mass is 280 g/mol. The van der Waals surface area contributed by atoms with Crippen molar-refractivity contribution in [3.63, 3.8) is 0 Å². The van der Waals surface area contributed by atoms with E-state index in [0.29, 0.717) is 5.92 Å². The van der Waals surface area contributed by atoms with Crippen LogP contribution < -0.4 is 0 Å². The predicted molar refractivity (Wildman–Crippen MR) is 84.3 cm³/mol. The third-order valence-electron chi connectivity index (χ3n) is 2.86. The summed E-state index contributed by atoms with van der Waals surface area (Å²) >= 11 is 1.66. The SMILES string of the molecule is COC(OC)C(=CSC)c1ccc(CC(C)C)cc1. The van der Waals surface area contributed by atoms with Crippen LogP contribution in [0.4, 0.5) is 0 Å². The summed E-state index contributed by atoms with van der Waals surface area (Å²) in [6, 6.07) is 8.66. The van der Waals surface area contributed by atoms with Crippen molar-refractivity contribution >= 4 is 17.3 Å². The molecule has 0 aliphatic carbocycles. The minimum absolute atomic E-state index is 0.316. The highest BCUT2D eigenvalue weighted by Gasteiger charge is 2.14. The minimum Gasteiger partial charge on any atom is -0.352 e. The van der Waals surface area contributed by atoms with E-state index in [1.807, 2.05) is 6.26 Å². The Morgan fingerprint density at radius 1 is 1.16 bits per heavy atom. The first kappa shape index (κ1) is 16.3. The number of thioether (sulfide) groups is 1. The third-order valence-corrected chi connectivity index (χ3v) is 3.35. The van der Waals surface area contributed by atoms with Gasteiger partial charge in [-0.25, -0.2) is 0 Å². The summed E-state index contributed by atoms with van der Waals surface area (Å²) in [5, 5.41) is 2.08. The topological polar surface area (TPSA) is 18.5 Å². The van der Waals surface area contributed by atoms with E-state index in [2.05, 4.69) is 43.5 Å². The first-order valence-electron chi connectivity index (χ1n) is 6.50. The van der Waals surface area contributed by atoms with Crippen molar-refractivity contribution in [1.29, 1.82) is 0 Å². The number of hydrogen-bond donors (Lipinski definition) is 0. The fourth-order valence-electron chi connectivity index (χ4n) is 2.04. The van der Waals surface area contributed by atoms with E-state index in [-0.39, 0.29) is 6.29 Å². The molecule has 19 heavy (non-hydrogen) atoms. The summed E-state index contributed by atoms with van der Waals surface area (Å²) < 4.78 is 10.7. The van der Waals surface area contributed by atoms with Crippen LogP contribution in [0.1, 0.15) is 25.0 Å². The Balaban J connectivity index is 2.95. The molecule has 0 unspecified atom stereocenters. The van der Waals surface area contributed by atoms with Crippen molar-refractivity contribution < 1.29 is 9.47 Å². The van der Waals surface area contributed by atoms with Gasteiger partial charge in [0.25, 0.3) is 0 Å². The molecule has 0 bridgehead atoms. The van der Waals surface area contributed by atoms with Crippen LogP contribution in [0, 0.1) is 5.92 Å². The number of methoxy groups -OCH3 is 2. The minimum atomic E-state index is -0.316. The number of rotatable bonds is 7. The lowest BCUT2D eigenvalue weighted by Crippen LogP contribution is -2.15. The predicted octanol–water partition coefficient (Wildman–Crippen LogP) is 4.21. The van der Waals surface area contributed by atoms with Gasteiger partial charge in [0.05, 0.1) is 0 Å². The van der Waals surface area contributed by atoms with Gasteiger partial charge in [-0.15, -0.1) is 11.8 Å². The van der Waals surface area contributed by atoms with Gasteiger partial charge in [-0.1, -0.05) is 38.1 Å². The first-order valence-corrected chi connectivity index (χ1v) is 7.78. The molecular formula is C16H24O2S. The van der Waals surface area contributed by atoms with Gasteiger partial charge in [0, 0.05) is 19.8 Å². The molecule has 0 saturated heterocycles. The average molecular weight is 280 g/mol. The molecule has 0 saturated carbocycles. The summed E-state index contributed by atoms with van der Waals surface area (Å²) in [4.78, 5) is 0. The second-order valence-corrected chi connectivity index (χ2v) is 5.61. The molecule has 0 aliphatic rings. The fourth-order valence-corrected chi connectivity index (χ4v) is 2.54. The van der Waals surface area contributed by atoms with Gasteiger partial charge in [-0.05, 0) is 35.1 Å². The Labute approximate surface area is 121 Å². The molecule has 0 fully saturated rings. The number of ether oxygens (including phenoxy) is 2. The number of hydrogen-bond acceptors (Lipinski definition) is 3. The Bertz CT molecular complexity index is 392. The van der Waals surface area contributed by atoms with Gasteiger partial charge >= 0.3 is 0 Å². The third kappa shape index (κ3) is 5.01. The van der Waals surface area contributed by atoms with Gasteiger partial charge < -0.3 is 9.47 Å². The fraction of sp³-hybridized carbons (Fsp3) is 0.500. The van der Waals surface area contributed by atoms with Crippen LogP contribution >= 0.6 is 11.8 Å². The summed E-state index contributed by atoms with van der Waals surface area (Å²) in [5.41, 5.74) is 3.58. The van der Waals surface area contributed by atoms with E-state index in [0.717, 1.165) is 17.6 Å². The highest BCUT2D eigenvalue weighted by Crippen LogP contribution is 2.24. The smallest absolute Gasteiger partial charge is 0.184 e. The van der Waals surface area contributed by atoms with E-state index < -0.39 is 0 Å². The average Bonchev–Trinajstić information content (AvgIpc) is 2.39. The quantitative estimate of drug-likeness (QED) is 0.697. The molecule has 0 N–H and O–H groups in total. The summed E-state index contributed by atoms with van der Waals surface area (Å²) in [7, 11) is 3.32. The Hall–Kier alpha value is -0.770. The normalized spacial score (nSPS) is 12.5. The standard InChI is InChI=1S/C16H24O2S/c1-12(2)10-13-6-8-14(9-7-13)15(11-19-5)16(17-3)18-4/h6-9,11-12,16H,10H2,1-5H3. The van der Waals surface area contributed by atoms with Crippen LogP contribution in [-0.4, -0.2) is 26.8 Å². The molecule has 0 aliphatic heterocycles. The molecule has 2 nitrogen and oxygen atoms in total. The molecule has 0 radical (unpaired) electrons. The van der Waals surface area contributed by atoms with Crippen LogP contribution in [0.3, 0.4) is 0 Å². The van der Waals surface area contributed by atoms with Crippen molar-refractivity contribution in [3.05, 3.63) is 40.8 Å². The van der Waals surface area contributed by atoms with Gasteiger partial charge in [-0.2, -0.15) is 0 Å². The maximum Gasteiger partial charge on any atom is 0.184 e. The van der Waals surface area contributed by atoms with Gasteiger partial charge in [0.15, 0.2) is 6.29 Å². The molecule has 1 aromatic rings. The molecule has 0 atom stereocenters. The Kier molecular flexibility index (Phi) is 7.21. The van der Waals surface area contributed by atoms with Gasteiger partial charge in [0.2, 0.25) is 0 Å². The Morgan fingerprint density at radius 2 is 1.74 bits per heavy atom. The van der Waals surface area contributed by atoms with Crippen molar-refractivity contribution in [2.45, 2.75) is 26.6 Å². The zero-order valence-electron chi connectivity index (χ0n) is 12.5. The van der Waals surface area contributed by atoms with Crippen LogP contribution in [0.15, 0.2) is 29.7 Å². The molecule has 0 amide bonds. The lowest BCUT2D eigenvalue weighted by atomic mass is 9.99. The Morgan fingerprint density at radius 3 is 2.16 bits per heavy atom. The van der Waals surface area contributed by atoms with Crippen LogP contribution in [0.5, 0.6) is 0 Å². The second-order valence-electron chi connectivity index (χ2n) is 4.91. The molecule has 0 aromatic heterocycles. The maximum atomic E-state index is 5.36. The highest BCUT2D eigenvalue weighted by atomic mass is 32.2. The molecule has 3 heteroatoms. The summed E-state index contributed by atoms with van der Waals surface area (Å²) in [6.07, 6.45) is 2.83. The van der Waals surface area contributed by atoms with E-state index in [9.17, 15) is 0 Å². The zero-order valence-corrected chi connectivity index (χ0v) is 13.3. The van der Waals surface area contributed by atoms with Crippen molar-refractivity contribution in [2.24, 2.45) is 5.92 Å². The van der Waals surface area contributed by atoms with Gasteiger partial charge in [-0.3, -0.25) is 0 Å². The molecule has 0 heterocycles. The maximum absolute atomic E-state index is 5.36. The first-order chi connectivity index (χ1) is 9.12. The van der Waals surface area contributed by atoms with E-state index in [4.69, 9.17) is 9.47 Å². The van der Waals surface area contributed by atoms with Crippen molar-refractivity contribution in [3.8, 4) is 0 Å². The number of benzene rings is 1. The molecule has 0 spiro atoms. The largest absolute Gasteiger partial charge is 0.352 e.